The van der Waals surface area contributed by atoms with Gasteiger partial charge in [-0.15, -0.1) is 0 Å². The molecule has 6 unspecified atom stereocenters. The number of allylic oxidation sites excluding steroid dienone is 2. The van der Waals surface area contributed by atoms with Crippen molar-refractivity contribution in [3.8, 4) is 0 Å². The summed E-state index contributed by atoms with van der Waals surface area (Å²) < 4.78 is 5.97. The normalized spacial score (nSPS) is 74.5. The van der Waals surface area contributed by atoms with Gasteiger partial charge in [-0.25, -0.2) is 0 Å². The molecule has 1 aliphatic heterocycles. The molecule has 0 aromatic heterocycles. The van der Waals surface area contributed by atoms with Gasteiger partial charge in [0.1, 0.15) is 0 Å². The molecule has 0 bridgehead atoms. The molecular weight excluding hydrogens is 160 g/mol. The fraction of sp³-hybridized carbons (Fsp3) is 0.833. The van der Waals surface area contributed by atoms with E-state index >= 15 is 0 Å². The van der Waals surface area contributed by atoms with Crippen molar-refractivity contribution in [1.29, 1.82) is 0 Å². The van der Waals surface area contributed by atoms with Gasteiger partial charge in [0.2, 0.25) is 0 Å². The van der Waals surface area contributed by atoms with Crippen LogP contribution in [0.15, 0.2) is 12.2 Å². The molecule has 4 fully saturated rings. The van der Waals surface area contributed by atoms with Crippen LogP contribution < -0.4 is 0 Å². The molecule has 3 saturated carbocycles. The molecular formula is C12H14O. The minimum atomic E-state index is 0.664. The predicted molar refractivity (Wildman–Crippen MR) is 48.1 cm³/mol. The Morgan fingerprint density at radius 3 is 3.23 bits per heavy atom. The van der Waals surface area contributed by atoms with E-state index in [4.69, 9.17) is 4.74 Å². The highest BCUT2D eigenvalue weighted by atomic mass is 16.5. The third kappa shape index (κ3) is 0.342. The molecule has 6 atom stereocenters. The first-order valence-corrected chi connectivity index (χ1v) is 5.70. The fourth-order valence-corrected chi connectivity index (χ4v) is 5.95. The molecule has 0 N–H and O–H groups in total. The van der Waals surface area contributed by atoms with E-state index < -0.39 is 0 Å². The zero-order valence-electron chi connectivity index (χ0n) is 7.70. The Balaban J connectivity index is 1.85. The summed E-state index contributed by atoms with van der Waals surface area (Å²) in [5.41, 5.74) is 1.44. The van der Waals surface area contributed by atoms with Gasteiger partial charge in [-0.1, -0.05) is 12.2 Å². The number of hydrogen-bond acceptors (Lipinski definition) is 1. The van der Waals surface area contributed by atoms with Crippen molar-refractivity contribution in [2.45, 2.75) is 25.4 Å². The van der Waals surface area contributed by atoms with Crippen molar-refractivity contribution in [2.75, 3.05) is 6.61 Å². The lowest BCUT2D eigenvalue weighted by Gasteiger charge is -2.17. The largest absolute Gasteiger partial charge is 0.377 e. The first kappa shape index (κ1) is 6.23. The van der Waals surface area contributed by atoms with Gasteiger partial charge in [0.05, 0.1) is 12.7 Å². The summed E-state index contributed by atoms with van der Waals surface area (Å²) in [6, 6.07) is 0. The number of ether oxygens (including phenoxy) is 1. The van der Waals surface area contributed by atoms with Gasteiger partial charge in [0.25, 0.3) is 0 Å². The van der Waals surface area contributed by atoms with Crippen LogP contribution in [-0.4, -0.2) is 12.7 Å². The molecule has 0 amide bonds. The molecule has 1 saturated heterocycles. The maximum atomic E-state index is 5.97. The van der Waals surface area contributed by atoms with Crippen LogP contribution in [0.5, 0.6) is 0 Å². The highest BCUT2D eigenvalue weighted by Crippen LogP contribution is 2.92. The minimum Gasteiger partial charge on any atom is -0.377 e. The number of rotatable bonds is 0. The van der Waals surface area contributed by atoms with Crippen LogP contribution in [0.4, 0.5) is 0 Å². The van der Waals surface area contributed by atoms with Gasteiger partial charge >= 0.3 is 0 Å². The van der Waals surface area contributed by atoms with E-state index in [-0.39, 0.29) is 0 Å². The van der Waals surface area contributed by atoms with Crippen LogP contribution in [0.3, 0.4) is 0 Å². The Labute approximate surface area is 78.1 Å². The molecule has 1 heteroatoms. The Morgan fingerprint density at radius 2 is 2.31 bits per heavy atom. The van der Waals surface area contributed by atoms with Crippen molar-refractivity contribution < 1.29 is 4.74 Å². The van der Waals surface area contributed by atoms with E-state index in [2.05, 4.69) is 12.2 Å². The van der Waals surface area contributed by atoms with Crippen LogP contribution in [-0.2, 0) is 4.74 Å². The van der Waals surface area contributed by atoms with Crippen LogP contribution in [0.2, 0.25) is 0 Å². The molecule has 5 rings (SSSR count). The van der Waals surface area contributed by atoms with Gasteiger partial charge in [0, 0.05) is 5.41 Å². The monoisotopic (exact) mass is 174 g/mol. The maximum absolute atomic E-state index is 5.97. The van der Waals surface area contributed by atoms with Crippen LogP contribution in [0.25, 0.3) is 0 Å². The zero-order valence-corrected chi connectivity index (χ0v) is 7.70. The van der Waals surface area contributed by atoms with E-state index in [1.54, 1.807) is 0 Å². The van der Waals surface area contributed by atoms with Crippen molar-refractivity contribution in [3.63, 3.8) is 0 Å². The summed E-state index contributed by atoms with van der Waals surface area (Å²) in [6.07, 6.45) is 10.0. The molecule has 2 spiro atoms. The second-order valence-electron chi connectivity index (χ2n) is 5.74. The molecule has 1 heterocycles. The first-order chi connectivity index (χ1) is 6.40. The van der Waals surface area contributed by atoms with Gasteiger partial charge in [-0.3, -0.25) is 0 Å². The van der Waals surface area contributed by atoms with Crippen LogP contribution in [0.1, 0.15) is 19.3 Å². The summed E-state index contributed by atoms with van der Waals surface area (Å²) in [7, 11) is 0. The molecule has 0 radical (unpaired) electrons. The van der Waals surface area contributed by atoms with E-state index in [1.807, 2.05) is 0 Å². The van der Waals surface area contributed by atoms with E-state index in [9.17, 15) is 0 Å². The topological polar surface area (TPSA) is 9.23 Å². The lowest BCUT2D eigenvalue weighted by molar-refractivity contribution is 0.0846. The lowest BCUT2D eigenvalue weighted by Crippen LogP contribution is -2.20. The Bertz CT molecular complexity index is 347. The smallest absolute Gasteiger partial charge is 0.0646 e. The molecule has 4 aliphatic carbocycles. The summed E-state index contributed by atoms with van der Waals surface area (Å²) in [5, 5.41) is 0. The highest BCUT2D eigenvalue weighted by Gasteiger charge is 2.91. The van der Waals surface area contributed by atoms with Gasteiger partial charge < -0.3 is 4.74 Å². The SMILES string of the molecule is C1=CC2C34CCC5OCC(CC13)C524. The van der Waals surface area contributed by atoms with Crippen LogP contribution in [0, 0.1) is 28.6 Å². The van der Waals surface area contributed by atoms with E-state index in [1.165, 1.54) is 19.3 Å². The average Bonchev–Trinajstić information content (AvgIpc) is 2.52. The molecule has 1 nitrogen and oxygen atoms in total. The molecule has 68 valence electrons. The summed E-state index contributed by atoms with van der Waals surface area (Å²) >= 11 is 0. The van der Waals surface area contributed by atoms with E-state index in [0.29, 0.717) is 11.5 Å². The first-order valence-electron chi connectivity index (χ1n) is 5.70. The van der Waals surface area contributed by atoms with Crippen molar-refractivity contribution in [2.24, 2.45) is 28.6 Å². The van der Waals surface area contributed by atoms with Crippen molar-refractivity contribution >= 4 is 0 Å². The fourth-order valence-electron chi connectivity index (χ4n) is 5.95. The molecule has 13 heavy (non-hydrogen) atoms. The summed E-state index contributed by atoms with van der Waals surface area (Å²) in [6.45, 7) is 1.08. The van der Waals surface area contributed by atoms with Crippen molar-refractivity contribution in [3.05, 3.63) is 12.2 Å². The Kier molecular flexibility index (Phi) is 0.682. The quantitative estimate of drug-likeness (QED) is 0.510. The van der Waals surface area contributed by atoms with Gasteiger partial charge in [0.15, 0.2) is 0 Å². The van der Waals surface area contributed by atoms with Gasteiger partial charge in [-0.2, -0.15) is 0 Å². The zero-order chi connectivity index (χ0) is 8.26. The number of hydrogen-bond donors (Lipinski definition) is 0. The predicted octanol–water partition coefficient (Wildman–Crippen LogP) is 1.99. The average molecular weight is 174 g/mol. The third-order valence-corrected chi connectivity index (χ3v) is 6.06. The molecule has 5 aliphatic rings. The van der Waals surface area contributed by atoms with Crippen molar-refractivity contribution in [1.82, 2.24) is 0 Å². The summed E-state index contributed by atoms with van der Waals surface area (Å²) in [5.74, 6) is 2.84. The molecule has 0 aromatic carbocycles. The minimum absolute atomic E-state index is 0.664. The highest BCUT2D eigenvalue weighted by molar-refractivity contribution is 5.46. The second kappa shape index (κ2) is 1.42. The Morgan fingerprint density at radius 1 is 1.31 bits per heavy atom. The van der Waals surface area contributed by atoms with E-state index in [0.717, 1.165) is 29.8 Å². The second-order valence-corrected chi connectivity index (χ2v) is 5.74. The van der Waals surface area contributed by atoms with Crippen LogP contribution >= 0.6 is 0 Å². The standard InChI is InChI=1S/C12H14O/c1-2-9-11-4-3-10-12(9,11)8(6-13-10)5-7(1)11/h1-2,7-10H,3-6H2. The third-order valence-electron chi connectivity index (χ3n) is 6.06. The Hall–Kier alpha value is -0.300. The summed E-state index contributed by atoms with van der Waals surface area (Å²) in [4.78, 5) is 0. The molecule has 0 aromatic rings. The lowest BCUT2D eigenvalue weighted by atomic mass is 9.85. The maximum Gasteiger partial charge on any atom is 0.0646 e. The van der Waals surface area contributed by atoms with Gasteiger partial charge in [-0.05, 0) is 42.4 Å².